The molecule has 0 bridgehead atoms. The third-order valence-corrected chi connectivity index (χ3v) is 2.95. The molecule has 0 spiro atoms. The zero-order valence-electron chi connectivity index (χ0n) is 9.08. The zero-order chi connectivity index (χ0) is 11.5. The van der Waals surface area contributed by atoms with Gasteiger partial charge in [-0.3, -0.25) is 0 Å². The third kappa shape index (κ3) is 2.37. The molecule has 2 N–H and O–H groups in total. The van der Waals surface area contributed by atoms with E-state index in [0.717, 1.165) is 16.3 Å². The molecule has 0 saturated carbocycles. The second-order valence-electron chi connectivity index (χ2n) is 3.35. The molecule has 0 saturated heterocycles. The van der Waals surface area contributed by atoms with Crippen LogP contribution in [0.15, 0.2) is 22.3 Å². The third-order valence-electron chi connectivity index (χ3n) is 2.00. The molecule has 2 aromatic heterocycles. The monoisotopic (exact) mass is 236 g/mol. The van der Waals surface area contributed by atoms with E-state index in [1.165, 1.54) is 11.8 Å². The number of nitrogens with two attached hydrogens (primary N) is 1. The van der Waals surface area contributed by atoms with Gasteiger partial charge < -0.3 is 5.73 Å². The molecule has 0 amide bonds. The van der Waals surface area contributed by atoms with Gasteiger partial charge in [0.1, 0.15) is 5.03 Å². The highest BCUT2D eigenvalue weighted by Crippen LogP contribution is 2.23. The fourth-order valence-electron chi connectivity index (χ4n) is 1.28. The average molecular weight is 236 g/mol. The van der Waals surface area contributed by atoms with E-state index in [1.54, 1.807) is 11.7 Å². The lowest BCUT2D eigenvalue weighted by Crippen LogP contribution is -1.99. The highest BCUT2D eigenvalue weighted by Gasteiger charge is 2.07. The average Bonchev–Trinajstić information content (AvgIpc) is 2.63. The van der Waals surface area contributed by atoms with Gasteiger partial charge in [0.25, 0.3) is 0 Å². The Hall–Kier alpha value is -1.47. The molecular weight excluding hydrogens is 224 g/mol. The number of rotatable bonds is 3. The van der Waals surface area contributed by atoms with Gasteiger partial charge in [-0.2, -0.15) is 0 Å². The number of tetrazole rings is 1. The quantitative estimate of drug-likeness (QED) is 0.836. The van der Waals surface area contributed by atoms with E-state index < -0.39 is 0 Å². The highest BCUT2D eigenvalue weighted by molar-refractivity contribution is 7.99. The summed E-state index contributed by atoms with van der Waals surface area (Å²) in [6, 6.07) is 3.92. The summed E-state index contributed by atoms with van der Waals surface area (Å²) in [4.78, 5) is 4.40. The molecule has 16 heavy (non-hydrogen) atoms. The van der Waals surface area contributed by atoms with Crippen LogP contribution in [0.25, 0.3) is 0 Å². The van der Waals surface area contributed by atoms with Crippen molar-refractivity contribution in [3.63, 3.8) is 0 Å². The maximum atomic E-state index is 5.61. The van der Waals surface area contributed by atoms with Crippen LogP contribution in [0.5, 0.6) is 0 Å². The Kier molecular flexibility index (Phi) is 3.16. The van der Waals surface area contributed by atoms with Crippen LogP contribution in [-0.4, -0.2) is 25.2 Å². The van der Waals surface area contributed by atoms with E-state index in [2.05, 4.69) is 20.5 Å². The Morgan fingerprint density at radius 1 is 1.44 bits per heavy atom. The summed E-state index contributed by atoms with van der Waals surface area (Å²) >= 11 is 1.42. The Morgan fingerprint density at radius 3 is 2.88 bits per heavy atom. The molecule has 0 fully saturated rings. The molecule has 2 heterocycles. The first kappa shape index (κ1) is 11.0. The lowest BCUT2D eigenvalue weighted by Gasteiger charge is -2.03. The van der Waals surface area contributed by atoms with Gasteiger partial charge in [0.15, 0.2) is 0 Å². The molecule has 0 aliphatic heterocycles. The number of pyridine rings is 1. The van der Waals surface area contributed by atoms with Crippen LogP contribution in [0.1, 0.15) is 11.3 Å². The zero-order valence-corrected chi connectivity index (χ0v) is 9.90. The first-order chi connectivity index (χ1) is 7.69. The summed E-state index contributed by atoms with van der Waals surface area (Å²) in [6.07, 6.45) is 0. The minimum absolute atomic E-state index is 0.508. The van der Waals surface area contributed by atoms with Gasteiger partial charge >= 0.3 is 0 Å². The lowest BCUT2D eigenvalue weighted by atomic mass is 10.2. The lowest BCUT2D eigenvalue weighted by molar-refractivity contribution is 0.664. The number of hydrogen-bond donors (Lipinski definition) is 1. The molecule has 0 aromatic carbocycles. The van der Waals surface area contributed by atoms with Gasteiger partial charge in [-0.25, -0.2) is 9.67 Å². The first-order valence-corrected chi connectivity index (χ1v) is 5.58. The van der Waals surface area contributed by atoms with E-state index in [-0.39, 0.29) is 0 Å². The standard InChI is InChI=1S/C9H12N6S/c1-6-3-7(5-10)4-8(11-6)16-9-12-13-14-15(9)2/h3-4H,5,10H2,1-2H3. The smallest absolute Gasteiger partial charge is 0.215 e. The molecule has 0 unspecified atom stereocenters. The molecule has 2 rings (SSSR count). The van der Waals surface area contributed by atoms with Crippen molar-refractivity contribution >= 4 is 11.8 Å². The van der Waals surface area contributed by atoms with Gasteiger partial charge in [0, 0.05) is 19.3 Å². The predicted octanol–water partition coefficient (Wildman–Crippen LogP) is 0.523. The fraction of sp³-hybridized carbons (Fsp3) is 0.333. The molecule has 0 aliphatic rings. The number of aromatic nitrogens is 5. The Morgan fingerprint density at radius 2 is 2.25 bits per heavy atom. The summed E-state index contributed by atoms with van der Waals surface area (Å²) < 4.78 is 1.61. The largest absolute Gasteiger partial charge is 0.326 e. The van der Waals surface area contributed by atoms with Crippen LogP contribution in [0, 0.1) is 6.92 Å². The number of aryl methyl sites for hydroxylation is 2. The molecule has 84 valence electrons. The van der Waals surface area contributed by atoms with Crippen molar-refractivity contribution in [3.05, 3.63) is 23.4 Å². The van der Waals surface area contributed by atoms with Crippen LogP contribution >= 0.6 is 11.8 Å². The van der Waals surface area contributed by atoms with Gasteiger partial charge in [-0.05, 0) is 46.8 Å². The highest BCUT2D eigenvalue weighted by atomic mass is 32.2. The Balaban J connectivity index is 2.28. The van der Waals surface area contributed by atoms with Crippen molar-refractivity contribution in [3.8, 4) is 0 Å². The summed E-state index contributed by atoms with van der Waals surface area (Å²) in [5.74, 6) is 0. The van der Waals surface area contributed by atoms with Crippen molar-refractivity contribution < 1.29 is 0 Å². The maximum Gasteiger partial charge on any atom is 0.215 e. The fourth-order valence-corrected chi connectivity index (χ4v) is 2.11. The molecule has 0 atom stereocenters. The van der Waals surface area contributed by atoms with Gasteiger partial charge in [0.05, 0.1) is 0 Å². The van der Waals surface area contributed by atoms with Crippen LogP contribution in [0.3, 0.4) is 0 Å². The van der Waals surface area contributed by atoms with E-state index in [0.29, 0.717) is 11.7 Å². The molecule has 6 nitrogen and oxygen atoms in total. The summed E-state index contributed by atoms with van der Waals surface area (Å²) in [7, 11) is 1.79. The van der Waals surface area contributed by atoms with E-state index >= 15 is 0 Å². The molecule has 2 aromatic rings. The maximum absolute atomic E-state index is 5.61. The topological polar surface area (TPSA) is 82.5 Å². The minimum Gasteiger partial charge on any atom is -0.326 e. The van der Waals surface area contributed by atoms with Gasteiger partial charge in [-0.15, -0.1) is 5.10 Å². The van der Waals surface area contributed by atoms with Crippen molar-refractivity contribution in [1.29, 1.82) is 0 Å². The predicted molar refractivity (Wildman–Crippen MR) is 59.8 cm³/mol. The summed E-state index contributed by atoms with van der Waals surface area (Å²) in [5.41, 5.74) is 7.61. The molecule has 7 heteroatoms. The van der Waals surface area contributed by atoms with Crippen LogP contribution < -0.4 is 5.73 Å². The van der Waals surface area contributed by atoms with Crippen LogP contribution in [-0.2, 0) is 13.6 Å². The number of nitrogens with zero attached hydrogens (tertiary/aromatic N) is 5. The van der Waals surface area contributed by atoms with E-state index in [1.807, 2.05) is 19.1 Å². The van der Waals surface area contributed by atoms with Crippen molar-refractivity contribution in [1.82, 2.24) is 25.2 Å². The Labute approximate surface area is 97.2 Å². The van der Waals surface area contributed by atoms with Crippen LogP contribution in [0.2, 0.25) is 0 Å². The van der Waals surface area contributed by atoms with E-state index in [9.17, 15) is 0 Å². The van der Waals surface area contributed by atoms with E-state index in [4.69, 9.17) is 5.73 Å². The second kappa shape index (κ2) is 4.58. The second-order valence-corrected chi connectivity index (χ2v) is 4.33. The minimum atomic E-state index is 0.508. The molecule has 0 radical (unpaired) electrons. The first-order valence-electron chi connectivity index (χ1n) is 4.77. The molecule has 0 aliphatic carbocycles. The Bertz CT molecular complexity index is 494. The van der Waals surface area contributed by atoms with Crippen molar-refractivity contribution in [2.45, 2.75) is 23.7 Å². The summed E-state index contributed by atoms with van der Waals surface area (Å²) in [5, 5.41) is 12.8. The summed E-state index contributed by atoms with van der Waals surface area (Å²) in [6.45, 7) is 2.45. The molecular formula is C9H12N6S. The number of hydrogen-bond acceptors (Lipinski definition) is 6. The van der Waals surface area contributed by atoms with Gasteiger partial charge in [-0.1, -0.05) is 0 Å². The SMILES string of the molecule is Cc1cc(CN)cc(Sc2nnnn2C)n1. The van der Waals surface area contributed by atoms with Crippen molar-refractivity contribution in [2.75, 3.05) is 0 Å². The van der Waals surface area contributed by atoms with Crippen LogP contribution in [0.4, 0.5) is 0 Å². The van der Waals surface area contributed by atoms with Crippen molar-refractivity contribution in [2.24, 2.45) is 12.8 Å². The normalized spacial score (nSPS) is 10.7. The van der Waals surface area contributed by atoms with Gasteiger partial charge in [0.2, 0.25) is 5.16 Å².